The molecule has 0 aliphatic carbocycles. The van der Waals surface area contributed by atoms with Crippen molar-refractivity contribution >= 4 is 34.9 Å². The normalized spacial score (nSPS) is 12.0. The number of nitrogens with two attached hydrogens (primary N) is 2. The molecule has 0 fully saturated rings. The lowest BCUT2D eigenvalue weighted by Gasteiger charge is -2.30. The number of nitrogens with zero attached hydrogens (tertiary/aromatic N) is 2. The minimum absolute atomic E-state index is 0.0721. The van der Waals surface area contributed by atoms with E-state index in [1.165, 1.54) is 4.90 Å². The van der Waals surface area contributed by atoms with Gasteiger partial charge in [0.15, 0.2) is 5.69 Å². The highest BCUT2D eigenvalue weighted by molar-refractivity contribution is 7.09. The van der Waals surface area contributed by atoms with Crippen LogP contribution in [0.25, 0.3) is 0 Å². The van der Waals surface area contributed by atoms with Crippen LogP contribution in [-0.2, 0) is 4.79 Å². The number of nitrogen functional groups attached to an aromatic ring is 1. The number of hydrogen-bond acceptors (Lipinski definition) is 7. The number of aliphatic hydroxyl groups excluding tert-OH is 1. The molecule has 0 radical (unpaired) electrons. The number of anilines is 1. The molecule has 0 aliphatic heterocycles. The monoisotopic (exact) mass is 413 g/mol. The summed E-state index contributed by atoms with van der Waals surface area (Å²) in [4.78, 5) is 38.7. The van der Waals surface area contributed by atoms with Crippen molar-refractivity contribution in [1.29, 1.82) is 0 Å². The van der Waals surface area contributed by atoms with Gasteiger partial charge >= 0.3 is 0 Å². The molecule has 1 aromatic rings. The molecule has 3 amide bonds. The Kier molecular flexibility index (Phi) is 9.88. The van der Waals surface area contributed by atoms with Gasteiger partial charge in [-0.05, 0) is 36.7 Å². The van der Waals surface area contributed by atoms with E-state index >= 15 is 0 Å². The minimum Gasteiger partial charge on any atom is -0.396 e. The van der Waals surface area contributed by atoms with Gasteiger partial charge in [-0.3, -0.25) is 14.4 Å². The van der Waals surface area contributed by atoms with E-state index < -0.39 is 17.9 Å². The second-order valence-corrected chi connectivity index (χ2v) is 7.77. The maximum Gasteiger partial charge on any atom is 0.270 e. The Labute approximate surface area is 169 Å². The van der Waals surface area contributed by atoms with Crippen LogP contribution in [0.3, 0.4) is 0 Å². The number of amides is 3. The van der Waals surface area contributed by atoms with Gasteiger partial charge in [0, 0.05) is 19.7 Å². The Bertz CT molecular complexity index is 677. The Morgan fingerprint density at radius 3 is 2.46 bits per heavy atom. The van der Waals surface area contributed by atoms with Gasteiger partial charge in [-0.2, -0.15) is 4.37 Å². The highest BCUT2D eigenvalue weighted by Crippen LogP contribution is 2.25. The van der Waals surface area contributed by atoms with E-state index in [9.17, 15) is 19.5 Å². The first kappa shape index (κ1) is 23.8. The summed E-state index contributed by atoms with van der Waals surface area (Å²) in [6.07, 6.45) is 2.30. The molecule has 28 heavy (non-hydrogen) atoms. The van der Waals surface area contributed by atoms with Gasteiger partial charge in [0.1, 0.15) is 10.9 Å². The Morgan fingerprint density at radius 1 is 1.29 bits per heavy atom. The topological polar surface area (TPSA) is 152 Å². The molecular formula is C18H31N5O4S. The van der Waals surface area contributed by atoms with E-state index in [1.54, 1.807) is 0 Å². The zero-order chi connectivity index (χ0) is 21.3. The fourth-order valence-corrected chi connectivity index (χ4v) is 3.46. The van der Waals surface area contributed by atoms with Crippen molar-refractivity contribution in [2.75, 3.05) is 25.4 Å². The molecule has 0 spiro atoms. The summed E-state index contributed by atoms with van der Waals surface area (Å²) in [5.41, 5.74) is 10.9. The number of nitrogens with one attached hydrogen (secondary N) is 1. The summed E-state index contributed by atoms with van der Waals surface area (Å²) in [5, 5.41) is 12.1. The summed E-state index contributed by atoms with van der Waals surface area (Å²) < 4.78 is 3.86. The summed E-state index contributed by atoms with van der Waals surface area (Å²) in [7, 11) is 0. The number of primary amides is 1. The van der Waals surface area contributed by atoms with Gasteiger partial charge in [-0.15, -0.1) is 0 Å². The second kappa shape index (κ2) is 11.6. The summed E-state index contributed by atoms with van der Waals surface area (Å²) in [6, 6.07) is -0.699. The van der Waals surface area contributed by atoms with Crippen molar-refractivity contribution in [3.63, 3.8) is 0 Å². The molecule has 158 valence electrons. The van der Waals surface area contributed by atoms with E-state index in [1.807, 2.05) is 6.92 Å². The molecule has 0 saturated heterocycles. The third kappa shape index (κ3) is 6.45. The third-order valence-electron chi connectivity index (χ3n) is 4.24. The SMILES string of the molecule is CCCC(C(=O)NCCC(C)C)N(CCCO)C(=O)c1snc(C(N)=O)c1N. The van der Waals surface area contributed by atoms with Crippen LogP contribution in [0.15, 0.2) is 0 Å². The van der Waals surface area contributed by atoms with E-state index in [4.69, 9.17) is 11.5 Å². The van der Waals surface area contributed by atoms with Crippen molar-refractivity contribution in [3.05, 3.63) is 10.6 Å². The van der Waals surface area contributed by atoms with Crippen LogP contribution in [0.2, 0.25) is 0 Å². The van der Waals surface area contributed by atoms with Crippen molar-refractivity contribution in [2.24, 2.45) is 11.7 Å². The molecule has 6 N–H and O–H groups in total. The highest BCUT2D eigenvalue weighted by Gasteiger charge is 2.32. The molecule has 9 nitrogen and oxygen atoms in total. The Hall–Kier alpha value is -2.20. The van der Waals surface area contributed by atoms with Crippen LogP contribution in [0.5, 0.6) is 0 Å². The molecule has 1 heterocycles. The van der Waals surface area contributed by atoms with Gasteiger partial charge < -0.3 is 26.8 Å². The Morgan fingerprint density at radius 2 is 1.96 bits per heavy atom. The van der Waals surface area contributed by atoms with Crippen LogP contribution < -0.4 is 16.8 Å². The van der Waals surface area contributed by atoms with E-state index in [0.29, 0.717) is 31.7 Å². The van der Waals surface area contributed by atoms with E-state index in [-0.39, 0.29) is 35.3 Å². The van der Waals surface area contributed by atoms with Crippen LogP contribution in [0, 0.1) is 5.92 Å². The first-order valence-electron chi connectivity index (χ1n) is 9.48. The van der Waals surface area contributed by atoms with Crippen molar-refractivity contribution in [3.8, 4) is 0 Å². The largest absolute Gasteiger partial charge is 0.396 e. The molecule has 0 saturated carbocycles. The zero-order valence-corrected chi connectivity index (χ0v) is 17.6. The fourth-order valence-electron chi connectivity index (χ4n) is 2.70. The quantitative estimate of drug-likeness (QED) is 0.401. The van der Waals surface area contributed by atoms with Gasteiger partial charge in [0.2, 0.25) is 5.91 Å². The van der Waals surface area contributed by atoms with Crippen molar-refractivity contribution in [2.45, 2.75) is 52.5 Å². The zero-order valence-electron chi connectivity index (χ0n) is 16.7. The number of hydrogen-bond donors (Lipinski definition) is 4. The van der Waals surface area contributed by atoms with Gasteiger partial charge in [-0.1, -0.05) is 27.2 Å². The number of carbonyl (C=O) groups excluding carboxylic acids is 3. The molecule has 0 aliphatic rings. The lowest BCUT2D eigenvalue weighted by atomic mass is 10.1. The van der Waals surface area contributed by atoms with Gasteiger partial charge in [0.05, 0.1) is 5.69 Å². The molecule has 1 atom stereocenters. The van der Waals surface area contributed by atoms with Crippen LogP contribution in [0.1, 0.15) is 66.6 Å². The average Bonchev–Trinajstić information content (AvgIpc) is 3.02. The summed E-state index contributed by atoms with van der Waals surface area (Å²) >= 11 is 0.782. The Balaban J connectivity index is 3.11. The van der Waals surface area contributed by atoms with Gasteiger partial charge in [0.25, 0.3) is 11.8 Å². The first-order chi connectivity index (χ1) is 13.2. The average molecular weight is 414 g/mol. The molecule has 0 bridgehead atoms. The standard InChI is InChI=1S/C18H31N5O4S/c1-4-6-12(17(26)21-8-7-11(2)3)23(9-5-10-24)18(27)15-13(19)14(16(20)25)22-28-15/h11-12,24H,4-10,19H2,1-3H3,(H2,20,25)(H,21,26). The number of aromatic nitrogens is 1. The molecule has 1 unspecified atom stereocenters. The van der Waals surface area contributed by atoms with Crippen LogP contribution in [-0.4, -0.2) is 57.8 Å². The maximum atomic E-state index is 13.1. The van der Waals surface area contributed by atoms with Crippen molar-refractivity contribution < 1.29 is 19.5 Å². The fraction of sp³-hybridized carbons (Fsp3) is 0.667. The number of rotatable bonds is 12. The summed E-state index contributed by atoms with van der Waals surface area (Å²) in [5.74, 6) is -1.10. The first-order valence-corrected chi connectivity index (χ1v) is 10.3. The lowest BCUT2D eigenvalue weighted by molar-refractivity contribution is -0.126. The van der Waals surface area contributed by atoms with Gasteiger partial charge in [-0.25, -0.2) is 0 Å². The molecule has 0 aromatic carbocycles. The van der Waals surface area contributed by atoms with E-state index in [0.717, 1.165) is 18.0 Å². The van der Waals surface area contributed by atoms with Crippen LogP contribution >= 0.6 is 11.5 Å². The minimum atomic E-state index is -0.814. The maximum absolute atomic E-state index is 13.1. The second-order valence-electron chi connectivity index (χ2n) is 6.99. The number of aliphatic hydroxyl groups is 1. The lowest BCUT2D eigenvalue weighted by Crippen LogP contribution is -2.50. The smallest absolute Gasteiger partial charge is 0.270 e. The molecule has 1 aromatic heterocycles. The molecule has 10 heteroatoms. The van der Waals surface area contributed by atoms with Crippen molar-refractivity contribution in [1.82, 2.24) is 14.6 Å². The van der Waals surface area contributed by atoms with Crippen LogP contribution in [0.4, 0.5) is 5.69 Å². The number of carbonyl (C=O) groups is 3. The van der Waals surface area contributed by atoms with E-state index in [2.05, 4.69) is 23.5 Å². The highest BCUT2D eigenvalue weighted by atomic mass is 32.1. The molecule has 1 rings (SSSR count). The predicted octanol–water partition coefficient (Wildman–Crippen LogP) is 0.980. The molecular weight excluding hydrogens is 382 g/mol. The predicted molar refractivity (Wildman–Crippen MR) is 109 cm³/mol. The third-order valence-corrected chi connectivity index (χ3v) is 5.09. The summed E-state index contributed by atoms with van der Waals surface area (Å²) in [6.45, 7) is 6.64.